The molecule has 2 aliphatic carbocycles. The Morgan fingerprint density at radius 3 is 2.52 bits per heavy atom. The fraction of sp³-hybridized carbons (Fsp3) is 0.609. The summed E-state index contributed by atoms with van der Waals surface area (Å²) in [5.74, 6) is -0.248. The molecule has 4 fully saturated rings. The number of rotatable bonds is 10. The van der Waals surface area contributed by atoms with Crippen molar-refractivity contribution in [2.45, 2.75) is 140 Å². The summed E-state index contributed by atoms with van der Waals surface area (Å²) in [7, 11) is -2.30. The summed E-state index contributed by atoms with van der Waals surface area (Å²) in [6.07, 6.45) is 10.7. The number of aryl methyl sites for hydroxylation is 1. The van der Waals surface area contributed by atoms with E-state index in [-0.39, 0.29) is 31.3 Å². The number of methoxy groups -OCH3 is 1. The van der Waals surface area contributed by atoms with Gasteiger partial charge >= 0.3 is 6.03 Å². The van der Waals surface area contributed by atoms with Crippen molar-refractivity contribution in [2.75, 3.05) is 26.7 Å². The SMILES string of the molecule is CCC1CCN(C(=O)NC2CCCCCC=CC3CC3(C(=O)NS(=O)(=O)C3CC3)NC(=O)C3CC(Oc4cc(-c5nc(C(C)C)cs5)nc5c(C)c(OC)ccc45)CN3C2=O)CC1. The van der Waals surface area contributed by atoms with Crippen LogP contribution in [0.1, 0.15) is 115 Å². The summed E-state index contributed by atoms with van der Waals surface area (Å²) >= 11 is 1.49. The molecule has 0 bridgehead atoms. The lowest BCUT2D eigenvalue weighted by atomic mass is 9.95. The molecule has 3 aliphatic heterocycles. The van der Waals surface area contributed by atoms with Crippen LogP contribution in [-0.4, -0.2) is 108 Å². The topological polar surface area (TPSA) is 189 Å². The fourth-order valence-corrected chi connectivity index (χ4v) is 11.6. The summed E-state index contributed by atoms with van der Waals surface area (Å²) in [6.45, 7) is 9.50. The van der Waals surface area contributed by atoms with Gasteiger partial charge in [0.25, 0.3) is 5.91 Å². The monoisotopic (exact) mass is 903 g/mol. The number of nitrogens with one attached hydrogen (secondary N) is 3. The molecule has 3 aromatic rings. The van der Waals surface area contributed by atoms with Gasteiger partial charge in [-0.3, -0.25) is 19.1 Å². The maximum atomic E-state index is 15.0. The summed E-state index contributed by atoms with van der Waals surface area (Å²) in [5.41, 5.74) is 1.53. The van der Waals surface area contributed by atoms with E-state index in [1.54, 1.807) is 12.0 Å². The minimum Gasteiger partial charge on any atom is -0.496 e. The van der Waals surface area contributed by atoms with Gasteiger partial charge in [0, 0.05) is 47.8 Å². The summed E-state index contributed by atoms with van der Waals surface area (Å²) in [5, 5.41) is 8.86. The second kappa shape index (κ2) is 18.4. The average molecular weight is 904 g/mol. The number of sulfonamides is 1. The molecule has 5 amide bonds. The number of allylic oxidation sites excluding steroid dienone is 1. The number of carbonyl (C=O) groups excluding carboxylic acids is 4. The summed E-state index contributed by atoms with van der Waals surface area (Å²) < 4.78 is 40.8. The first-order chi connectivity index (χ1) is 30.2. The van der Waals surface area contributed by atoms with Crippen LogP contribution in [0, 0.1) is 18.8 Å². The number of pyridine rings is 1. The van der Waals surface area contributed by atoms with Crippen molar-refractivity contribution in [3.05, 3.63) is 47.0 Å². The minimum absolute atomic E-state index is 0.0206. The van der Waals surface area contributed by atoms with E-state index < -0.39 is 62.6 Å². The van der Waals surface area contributed by atoms with E-state index >= 15 is 0 Å². The molecule has 5 atom stereocenters. The van der Waals surface area contributed by atoms with E-state index in [9.17, 15) is 27.6 Å². The Morgan fingerprint density at radius 2 is 1.83 bits per heavy atom. The average Bonchev–Trinajstić information content (AvgIpc) is 4.14. The molecule has 2 saturated heterocycles. The number of carbonyl (C=O) groups is 4. The Hall–Kier alpha value is -4.77. The predicted molar refractivity (Wildman–Crippen MR) is 241 cm³/mol. The third-order valence-electron chi connectivity index (χ3n) is 13.6. The van der Waals surface area contributed by atoms with Crippen LogP contribution in [0.25, 0.3) is 21.6 Å². The van der Waals surface area contributed by atoms with Crippen molar-refractivity contribution in [3.8, 4) is 22.2 Å². The third-order valence-corrected chi connectivity index (χ3v) is 16.3. The van der Waals surface area contributed by atoms with Crippen LogP contribution >= 0.6 is 11.3 Å². The van der Waals surface area contributed by atoms with Crippen LogP contribution in [0.4, 0.5) is 4.79 Å². The van der Waals surface area contributed by atoms with E-state index in [4.69, 9.17) is 19.4 Å². The summed E-state index contributed by atoms with van der Waals surface area (Å²) in [4.78, 5) is 70.7. The van der Waals surface area contributed by atoms with Gasteiger partial charge in [0.15, 0.2) is 0 Å². The molecule has 5 aliphatic rings. The van der Waals surface area contributed by atoms with Crippen molar-refractivity contribution in [1.82, 2.24) is 35.1 Å². The Labute approximate surface area is 374 Å². The first-order valence-electron chi connectivity index (χ1n) is 22.7. The van der Waals surface area contributed by atoms with Gasteiger partial charge in [-0.2, -0.15) is 0 Å². The fourth-order valence-electron chi connectivity index (χ4n) is 9.29. The zero-order valence-electron chi connectivity index (χ0n) is 37.0. The number of hydrogen-bond donors (Lipinski definition) is 3. The predicted octanol–water partition coefficient (Wildman–Crippen LogP) is 6.35. The molecule has 5 unspecified atom stereocenters. The first-order valence-corrected chi connectivity index (χ1v) is 25.1. The lowest BCUT2D eigenvalue weighted by Gasteiger charge is -2.34. The second-order valence-electron chi connectivity index (χ2n) is 18.4. The molecule has 0 spiro atoms. The largest absolute Gasteiger partial charge is 0.496 e. The smallest absolute Gasteiger partial charge is 0.318 e. The van der Waals surface area contributed by atoms with Gasteiger partial charge in [-0.25, -0.2) is 23.2 Å². The maximum absolute atomic E-state index is 15.0. The molecule has 8 rings (SSSR count). The quantitative estimate of drug-likeness (QED) is 0.194. The number of aromatic nitrogens is 2. The summed E-state index contributed by atoms with van der Waals surface area (Å²) in [6, 6.07) is 3.29. The van der Waals surface area contributed by atoms with Crippen molar-refractivity contribution in [1.29, 1.82) is 0 Å². The van der Waals surface area contributed by atoms with Crippen molar-refractivity contribution >= 4 is 56.0 Å². The minimum atomic E-state index is -3.91. The number of benzene rings is 1. The van der Waals surface area contributed by atoms with E-state index in [2.05, 4.69) is 36.1 Å². The molecule has 5 heterocycles. The van der Waals surface area contributed by atoms with Crippen molar-refractivity contribution in [2.24, 2.45) is 11.8 Å². The Bertz CT molecular complexity index is 2370. The van der Waals surface area contributed by atoms with Gasteiger partial charge in [0.2, 0.25) is 21.8 Å². The molecule has 1 aromatic carbocycles. The van der Waals surface area contributed by atoms with Crippen LogP contribution in [0.5, 0.6) is 11.5 Å². The molecular weight excluding hydrogens is 843 g/mol. The van der Waals surface area contributed by atoms with Gasteiger partial charge in [0.05, 0.1) is 30.1 Å². The van der Waals surface area contributed by atoms with E-state index in [1.165, 1.54) is 16.2 Å². The molecule has 0 radical (unpaired) electrons. The molecule has 2 aromatic heterocycles. The van der Waals surface area contributed by atoms with E-state index in [0.29, 0.717) is 73.8 Å². The van der Waals surface area contributed by atoms with Gasteiger partial charge < -0.3 is 29.9 Å². The maximum Gasteiger partial charge on any atom is 0.318 e. The number of amides is 5. The molecule has 340 valence electrons. The normalized spacial score (nSPS) is 26.1. The highest BCUT2D eigenvalue weighted by Gasteiger charge is 2.62. The number of nitrogens with zero attached hydrogens (tertiary/aromatic N) is 4. The van der Waals surface area contributed by atoms with Crippen LogP contribution in [0.15, 0.2) is 35.7 Å². The Kier molecular flexibility index (Phi) is 13.1. The van der Waals surface area contributed by atoms with Gasteiger partial charge in [-0.1, -0.05) is 52.2 Å². The number of thiazole rings is 1. The third kappa shape index (κ3) is 9.55. The van der Waals surface area contributed by atoms with Crippen LogP contribution < -0.4 is 24.8 Å². The van der Waals surface area contributed by atoms with E-state index in [1.807, 2.05) is 42.7 Å². The lowest BCUT2D eigenvalue weighted by Crippen LogP contribution is -2.59. The lowest BCUT2D eigenvalue weighted by molar-refractivity contribution is -0.141. The van der Waals surface area contributed by atoms with Gasteiger partial charge in [-0.15, -0.1) is 11.3 Å². The van der Waals surface area contributed by atoms with Crippen LogP contribution in [0.2, 0.25) is 0 Å². The van der Waals surface area contributed by atoms with Crippen molar-refractivity contribution in [3.63, 3.8) is 0 Å². The number of piperidine rings is 1. The molecule has 2 saturated carbocycles. The Morgan fingerprint density at radius 1 is 1.05 bits per heavy atom. The highest BCUT2D eigenvalue weighted by atomic mass is 32.2. The number of ether oxygens (including phenoxy) is 2. The molecular formula is C46H61N7O8S2. The Balaban J connectivity index is 1.13. The van der Waals surface area contributed by atoms with Crippen molar-refractivity contribution < 1.29 is 37.1 Å². The van der Waals surface area contributed by atoms with Crippen LogP contribution in [-0.2, 0) is 24.4 Å². The zero-order chi connectivity index (χ0) is 44.6. The molecule has 63 heavy (non-hydrogen) atoms. The van der Waals surface area contributed by atoms with Gasteiger partial charge in [-0.05, 0) is 82.3 Å². The highest BCUT2D eigenvalue weighted by molar-refractivity contribution is 7.91. The zero-order valence-corrected chi connectivity index (χ0v) is 38.6. The van der Waals surface area contributed by atoms with Gasteiger partial charge in [0.1, 0.15) is 45.9 Å². The standard InChI is InChI=1S/C46H61N7O8S2/c1-6-29-18-20-52(21-19-29)45(57)49-34-13-11-9-7-8-10-12-30-24-46(30,44(56)51-63(58,59)32-14-15-32)50-41(54)37-22-31(25-53(37)43(34)55)61-39-23-35(42-48-36(26-62-42)27(2)3)47-40-28(4)38(60-5)17-16-33(39)40/h10,12,16-17,23,26-27,29-32,34,37H,6-9,11,13-15,18-22,24-25H2,1-5H3,(H,49,57)(H,50,54)(H,51,56). The molecule has 3 N–H and O–H groups in total. The van der Waals surface area contributed by atoms with E-state index in [0.717, 1.165) is 53.8 Å². The number of fused-ring (bicyclic) bond motifs is 3. The number of likely N-dealkylation sites (tertiary alicyclic amines) is 1. The molecule has 15 nitrogen and oxygen atoms in total. The highest BCUT2D eigenvalue weighted by Crippen LogP contribution is 2.46. The first kappa shape index (κ1) is 44.8. The number of hydrogen-bond acceptors (Lipinski definition) is 11. The molecule has 17 heteroatoms. The van der Waals surface area contributed by atoms with Crippen LogP contribution in [0.3, 0.4) is 0 Å². The second-order valence-corrected chi connectivity index (χ2v) is 21.2. The number of urea groups is 1.